The summed E-state index contributed by atoms with van der Waals surface area (Å²) in [5, 5.41) is 0. The molecule has 0 aliphatic carbocycles. The Morgan fingerprint density at radius 1 is 1.31 bits per heavy atom. The number of rotatable bonds is 5. The average molecular weight is 332 g/mol. The number of hydrogen-bond donors (Lipinski definition) is 0. The summed E-state index contributed by atoms with van der Waals surface area (Å²) >= 11 is 2.06. The monoisotopic (exact) mass is 332 g/mol. The zero-order chi connectivity index (χ0) is 12.0. The van der Waals surface area contributed by atoms with Crippen molar-refractivity contribution in [2.75, 3.05) is 6.61 Å². The number of carbonyl (C=O) groups is 2. The molecule has 0 bridgehead atoms. The molecule has 86 valence electrons. The quantitative estimate of drug-likeness (QED) is 0.615. The predicted octanol–water partition coefficient (Wildman–Crippen LogP) is 2.82. The van der Waals surface area contributed by atoms with E-state index in [1.807, 2.05) is 19.1 Å². The molecule has 1 aromatic rings. The van der Waals surface area contributed by atoms with Crippen LogP contribution in [0.25, 0.3) is 0 Å². The molecule has 0 amide bonds. The maximum Gasteiger partial charge on any atom is 0.339 e. The second-order valence-corrected chi connectivity index (χ2v) is 4.51. The Kier molecular flexibility index (Phi) is 5.45. The lowest BCUT2D eigenvalue weighted by Gasteiger charge is -2.05. The second kappa shape index (κ2) is 6.62. The highest BCUT2D eigenvalue weighted by Gasteiger charge is 2.12. The Hall–Kier alpha value is -0.910. The summed E-state index contributed by atoms with van der Waals surface area (Å²) in [6, 6.07) is 7.13. The lowest BCUT2D eigenvalue weighted by Crippen LogP contribution is -2.14. The molecular formula is C12H13IO3. The third-order valence-electron chi connectivity index (χ3n) is 1.99. The molecule has 0 aromatic heterocycles. The van der Waals surface area contributed by atoms with Gasteiger partial charge in [0.05, 0.1) is 5.56 Å². The fourth-order valence-electron chi connectivity index (χ4n) is 1.20. The number of ether oxygens (including phenoxy) is 1. The van der Waals surface area contributed by atoms with E-state index in [2.05, 4.69) is 22.6 Å². The molecule has 0 radical (unpaired) electrons. The number of esters is 1. The van der Waals surface area contributed by atoms with Gasteiger partial charge in [-0.1, -0.05) is 19.1 Å². The van der Waals surface area contributed by atoms with Crippen molar-refractivity contribution in [3.8, 4) is 0 Å². The van der Waals surface area contributed by atoms with Gasteiger partial charge in [-0.3, -0.25) is 4.79 Å². The number of ketones is 1. The molecule has 4 heteroatoms. The molecule has 3 nitrogen and oxygen atoms in total. The zero-order valence-corrected chi connectivity index (χ0v) is 11.2. The Morgan fingerprint density at radius 2 is 2.00 bits per heavy atom. The molecule has 0 saturated heterocycles. The van der Waals surface area contributed by atoms with Gasteiger partial charge in [0.25, 0.3) is 0 Å². The van der Waals surface area contributed by atoms with Crippen LogP contribution in [0.5, 0.6) is 0 Å². The zero-order valence-electron chi connectivity index (χ0n) is 9.03. The number of carbonyl (C=O) groups excluding carboxylic acids is 2. The topological polar surface area (TPSA) is 43.4 Å². The molecule has 0 N–H and O–H groups in total. The van der Waals surface area contributed by atoms with Crippen molar-refractivity contribution in [2.45, 2.75) is 19.8 Å². The van der Waals surface area contributed by atoms with Gasteiger partial charge in [0.2, 0.25) is 0 Å². The molecule has 0 aliphatic heterocycles. The predicted molar refractivity (Wildman–Crippen MR) is 69.4 cm³/mol. The summed E-state index contributed by atoms with van der Waals surface area (Å²) in [4.78, 5) is 22.8. The minimum Gasteiger partial charge on any atom is -0.454 e. The first kappa shape index (κ1) is 13.2. The van der Waals surface area contributed by atoms with Gasteiger partial charge in [0.15, 0.2) is 5.78 Å². The van der Waals surface area contributed by atoms with Crippen LogP contribution in [0.2, 0.25) is 0 Å². The highest BCUT2D eigenvalue weighted by atomic mass is 127. The Labute approximate surface area is 108 Å². The van der Waals surface area contributed by atoms with Gasteiger partial charge >= 0.3 is 5.97 Å². The minimum atomic E-state index is -0.436. The van der Waals surface area contributed by atoms with E-state index in [4.69, 9.17) is 4.74 Å². The lowest BCUT2D eigenvalue weighted by atomic mass is 10.2. The van der Waals surface area contributed by atoms with Gasteiger partial charge < -0.3 is 4.74 Å². The van der Waals surface area contributed by atoms with Crippen LogP contribution in [-0.4, -0.2) is 18.4 Å². The molecule has 0 spiro atoms. The fraction of sp³-hybridized carbons (Fsp3) is 0.333. The Bertz CT molecular complexity index is 388. The summed E-state index contributed by atoms with van der Waals surface area (Å²) in [5.41, 5.74) is 0.507. The second-order valence-electron chi connectivity index (χ2n) is 3.34. The third-order valence-corrected chi connectivity index (χ3v) is 2.93. The standard InChI is InChI=1S/C12H13IO3/c1-2-5-9(14)8-16-12(15)10-6-3-4-7-11(10)13/h3-4,6-7H,2,5,8H2,1H3. The van der Waals surface area contributed by atoms with Crippen molar-refractivity contribution in [2.24, 2.45) is 0 Å². The van der Waals surface area contributed by atoms with Crippen LogP contribution < -0.4 is 0 Å². The molecular weight excluding hydrogens is 319 g/mol. The molecule has 0 saturated carbocycles. The smallest absolute Gasteiger partial charge is 0.339 e. The molecule has 1 aromatic carbocycles. The molecule has 0 heterocycles. The molecule has 0 atom stereocenters. The van der Waals surface area contributed by atoms with Crippen LogP contribution >= 0.6 is 22.6 Å². The van der Waals surface area contributed by atoms with Crippen LogP contribution in [0.4, 0.5) is 0 Å². The van der Waals surface area contributed by atoms with E-state index < -0.39 is 5.97 Å². The minimum absolute atomic E-state index is 0.0400. The Morgan fingerprint density at radius 3 is 2.62 bits per heavy atom. The fourth-order valence-corrected chi connectivity index (χ4v) is 1.81. The molecule has 0 aliphatic rings. The van der Waals surface area contributed by atoms with Crippen LogP contribution in [0.1, 0.15) is 30.1 Å². The summed E-state index contributed by atoms with van der Waals surface area (Å²) < 4.78 is 5.76. The SMILES string of the molecule is CCCC(=O)COC(=O)c1ccccc1I. The van der Waals surface area contributed by atoms with E-state index in [1.54, 1.807) is 12.1 Å². The first-order valence-electron chi connectivity index (χ1n) is 5.08. The number of benzene rings is 1. The van der Waals surface area contributed by atoms with Crippen LogP contribution in [0.15, 0.2) is 24.3 Å². The van der Waals surface area contributed by atoms with Gasteiger partial charge in [-0.25, -0.2) is 4.79 Å². The largest absolute Gasteiger partial charge is 0.454 e. The van der Waals surface area contributed by atoms with Gasteiger partial charge in [-0.2, -0.15) is 0 Å². The molecule has 1 rings (SSSR count). The number of Topliss-reactive ketones (excluding diaryl/α,β-unsaturated/α-hetero) is 1. The van der Waals surface area contributed by atoms with Crippen molar-refractivity contribution < 1.29 is 14.3 Å². The summed E-state index contributed by atoms with van der Waals surface area (Å²) in [7, 11) is 0. The summed E-state index contributed by atoms with van der Waals surface area (Å²) in [6.45, 7) is 1.79. The van der Waals surface area contributed by atoms with Crippen molar-refractivity contribution in [3.63, 3.8) is 0 Å². The van der Waals surface area contributed by atoms with E-state index in [-0.39, 0.29) is 12.4 Å². The van der Waals surface area contributed by atoms with Crippen molar-refractivity contribution in [1.29, 1.82) is 0 Å². The van der Waals surface area contributed by atoms with E-state index in [9.17, 15) is 9.59 Å². The molecule has 0 unspecified atom stereocenters. The first-order chi connectivity index (χ1) is 7.65. The first-order valence-corrected chi connectivity index (χ1v) is 6.16. The third kappa shape index (κ3) is 3.92. The Balaban J connectivity index is 2.54. The lowest BCUT2D eigenvalue weighted by molar-refractivity contribution is -0.122. The summed E-state index contributed by atoms with van der Waals surface area (Å²) in [6.07, 6.45) is 1.23. The van der Waals surface area contributed by atoms with E-state index >= 15 is 0 Å². The van der Waals surface area contributed by atoms with Gasteiger partial charge in [0.1, 0.15) is 6.61 Å². The average Bonchev–Trinajstić information content (AvgIpc) is 2.27. The van der Waals surface area contributed by atoms with Gasteiger partial charge in [0, 0.05) is 9.99 Å². The van der Waals surface area contributed by atoms with E-state index in [0.29, 0.717) is 12.0 Å². The van der Waals surface area contributed by atoms with Crippen LogP contribution in [0.3, 0.4) is 0 Å². The van der Waals surface area contributed by atoms with Crippen molar-refractivity contribution >= 4 is 34.3 Å². The number of halogens is 1. The highest BCUT2D eigenvalue weighted by Crippen LogP contribution is 2.12. The van der Waals surface area contributed by atoms with Crippen LogP contribution in [0, 0.1) is 3.57 Å². The normalized spacial score (nSPS) is 9.88. The summed E-state index contributed by atoms with van der Waals surface area (Å²) in [5.74, 6) is -0.476. The van der Waals surface area contributed by atoms with Crippen LogP contribution in [-0.2, 0) is 9.53 Å². The maximum absolute atomic E-state index is 11.6. The van der Waals surface area contributed by atoms with E-state index in [1.165, 1.54) is 0 Å². The molecule has 0 fully saturated rings. The van der Waals surface area contributed by atoms with Gasteiger partial charge in [-0.05, 0) is 41.1 Å². The van der Waals surface area contributed by atoms with Gasteiger partial charge in [-0.15, -0.1) is 0 Å². The molecule has 16 heavy (non-hydrogen) atoms. The number of hydrogen-bond acceptors (Lipinski definition) is 3. The maximum atomic E-state index is 11.6. The highest BCUT2D eigenvalue weighted by molar-refractivity contribution is 14.1. The van der Waals surface area contributed by atoms with Crippen molar-refractivity contribution in [3.05, 3.63) is 33.4 Å². The van der Waals surface area contributed by atoms with Crippen molar-refractivity contribution in [1.82, 2.24) is 0 Å². The van der Waals surface area contributed by atoms with E-state index in [0.717, 1.165) is 9.99 Å².